The summed E-state index contributed by atoms with van der Waals surface area (Å²) < 4.78 is 0. The van der Waals surface area contributed by atoms with Crippen LogP contribution in [0.5, 0.6) is 0 Å². The van der Waals surface area contributed by atoms with Gasteiger partial charge in [0.1, 0.15) is 0 Å². The molecule has 0 saturated carbocycles. The van der Waals surface area contributed by atoms with Crippen molar-refractivity contribution in [3.63, 3.8) is 0 Å². The number of benzene rings is 1. The summed E-state index contributed by atoms with van der Waals surface area (Å²) in [5.74, 6) is -1.43. The lowest BCUT2D eigenvalue weighted by Crippen LogP contribution is -2.13. The molecule has 1 heterocycles. The lowest BCUT2D eigenvalue weighted by atomic mass is 9.98. The molecule has 0 bridgehead atoms. The molecule has 114 valence electrons. The smallest absolute Gasteiger partial charge is 0.336 e. The summed E-state index contributed by atoms with van der Waals surface area (Å²) in [7, 11) is 0. The fourth-order valence-corrected chi connectivity index (χ4v) is 2.15. The maximum atomic E-state index is 12.7. The van der Waals surface area contributed by atoms with Crippen LogP contribution in [0.15, 0.2) is 42.7 Å². The predicted molar refractivity (Wildman–Crippen MR) is 84.5 cm³/mol. The van der Waals surface area contributed by atoms with E-state index in [1.165, 1.54) is 18.3 Å². The largest absolute Gasteiger partial charge is 0.478 e. The maximum Gasteiger partial charge on any atom is 0.336 e. The standard InChI is InChI=1S/C17H18N2O3/c1-2-3-9-19-15-11-18-10-8-14(15)16(20)12-6-4-5-7-13(12)17(21)22/h4-8,10-11,19H,2-3,9H2,1H3,(H,21,22). The first-order valence-electron chi connectivity index (χ1n) is 7.20. The molecule has 0 radical (unpaired) electrons. The molecule has 0 aliphatic heterocycles. The van der Waals surface area contributed by atoms with Crippen molar-refractivity contribution in [2.75, 3.05) is 11.9 Å². The summed E-state index contributed by atoms with van der Waals surface area (Å²) >= 11 is 0. The Balaban J connectivity index is 2.36. The van der Waals surface area contributed by atoms with Crippen molar-refractivity contribution in [3.05, 3.63) is 59.4 Å². The van der Waals surface area contributed by atoms with E-state index < -0.39 is 5.97 Å². The van der Waals surface area contributed by atoms with Crippen molar-refractivity contribution >= 4 is 17.4 Å². The molecule has 0 unspecified atom stereocenters. The monoisotopic (exact) mass is 298 g/mol. The Morgan fingerprint density at radius 3 is 2.55 bits per heavy atom. The van der Waals surface area contributed by atoms with Crippen LogP contribution in [-0.4, -0.2) is 28.4 Å². The molecule has 0 atom stereocenters. The summed E-state index contributed by atoms with van der Waals surface area (Å²) in [5.41, 5.74) is 1.24. The number of ketones is 1. The van der Waals surface area contributed by atoms with Crippen LogP contribution in [0.1, 0.15) is 46.0 Å². The van der Waals surface area contributed by atoms with Gasteiger partial charge in [0, 0.05) is 23.9 Å². The number of hydrogen-bond donors (Lipinski definition) is 2. The third-order valence-corrected chi connectivity index (χ3v) is 3.31. The Morgan fingerprint density at radius 2 is 1.86 bits per heavy atom. The minimum absolute atomic E-state index is 0.00354. The average Bonchev–Trinajstić information content (AvgIpc) is 2.55. The Morgan fingerprint density at radius 1 is 1.14 bits per heavy atom. The quantitative estimate of drug-likeness (QED) is 0.606. The van der Waals surface area contributed by atoms with Crippen molar-refractivity contribution < 1.29 is 14.7 Å². The predicted octanol–water partition coefficient (Wildman–Crippen LogP) is 3.22. The van der Waals surface area contributed by atoms with Gasteiger partial charge in [-0.1, -0.05) is 31.5 Å². The number of carbonyl (C=O) groups excluding carboxylic acids is 1. The molecule has 0 aliphatic carbocycles. The van der Waals surface area contributed by atoms with Crippen molar-refractivity contribution in [1.82, 2.24) is 4.98 Å². The number of carboxylic acid groups (broad SMARTS) is 1. The molecule has 0 aliphatic rings. The second-order valence-electron chi connectivity index (χ2n) is 4.88. The van der Waals surface area contributed by atoms with Gasteiger partial charge in [-0.05, 0) is 18.6 Å². The zero-order chi connectivity index (χ0) is 15.9. The number of carbonyl (C=O) groups is 2. The average molecular weight is 298 g/mol. The molecule has 0 spiro atoms. The number of rotatable bonds is 7. The fraction of sp³-hybridized carbons (Fsp3) is 0.235. The van der Waals surface area contributed by atoms with E-state index in [0.717, 1.165) is 19.4 Å². The molecule has 2 rings (SSSR count). The molecule has 22 heavy (non-hydrogen) atoms. The van der Waals surface area contributed by atoms with Gasteiger partial charge in [-0.25, -0.2) is 4.79 Å². The van der Waals surface area contributed by atoms with E-state index in [4.69, 9.17) is 0 Å². The minimum Gasteiger partial charge on any atom is -0.478 e. The third kappa shape index (κ3) is 3.49. The Labute approximate surface area is 129 Å². The number of unbranched alkanes of at least 4 members (excludes halogenated alkanes) is 1. The third-order valence-electron chi connectivity index (χ3n) is 3.31. The summed E-state index contributed by atoms with van der Waals surface area (Å²) in [5, 5.41) is 12.4. The van der Waals surface area contributed by atoms with E-state index in [-0.39, 0.29) is 16.9 Å². The highest BCUT2D eigenvalue weighted by Gasteiger charge is 2.19. The Kier molecular flexibility index (Phi) is 5.25. The van der Waals surface area contributed by atoms with Crippen LogP contribution in [-0.2, 0) is 0 Å². The van der Waals surface area contributed by atoms with Gasteiger partial charge < -0.3 is 10.4 Å². The molecule has 5 nitrogen and oxygen atoms in total. The molecule has 2 aromatic rings. The van der Waals surface area contributed by atoms with Crippen LogP contribution >= 0.6 is 0 Å². The van der Waals surface area contributed by atoms with Crippen molar-refractivity contribution in [1.29, 1.82) is 0 Å². The van der Waals surface area contributed by atoms with Gasteiger partial charge in [-0.2, -0.15) is 0 Å². The topological polar surface area (TPSA) is 79.3 Å². The molecular weight excluding hydrogens is 280 g/mol. The van der Waals surface area contributed by atoms with E-state index in [1.54, 1.807) is 24.4 Å². The maximum absolute atomic E-state index is 12.7. The van der Waals surface area contributed by atoms with Crippen LogP contribution in [0.25, 0.3) is 0 Å². The van der Waals surface area contributed by atoms with E-state index in [0.29, 0.717) is 11.3 Å². The first-order chi connectivity index (χ1) is 10.6. The van der Waals surface area contributed by atoms with E-state index in [1.807, 2.05) is 0 Å². The van der Waals surface area contributed by atoms with E-state index in [9.17, 15) is 14.7 Å². The normalized spacial score (nSPS) is 10.2. The second-order valence-corrected chi connectivity index (χ2v) is 4.88. The highest BCUT2D eigenvalue weighted by atomic mass is 16.4. The zero-order valence-corrected chi connectivity index (χ0v) is 12.4. The van der Waals surface area contributed by atoms with Gasteiger partial charge in [-0.15, -0.1) is 0 Å². The number of nitrogens with one attached hydrogen (secondary N) is 1. The lowest BCUT2D eigenvalue weighted by Gasteiger charge is -2.11. The van der Waals surface area contributed by atoms with Gasteiger partial charge in [0.05, 0.1) is 17.4 Å². The van der Waals surface area contributed by atoms with E-state index >= 15 is 0 Å². The number of hydrogen-bond acceptors (Lipinski definition) is 4. The Bertz CT molecular complexity index is 683. The summed E-state index contributed by atoms with van der Waals surface area (Å²) in [4.78, 5) is 28.0. The molecule has 2 N–H and O–H groups in total. The minimum atomic E-state index is -1.11. The van der Waals surface area contributed by atoms with Crippen LogP contribution in [0.3, 0.4) is 0 Å². The number of aromatic nitrogens is 1. The van der Waals surface area contributed by atoms with Crippen LogP contribution in [0.4, 0.5) is 5.69 Å². The van der Waals surface area contributed by atoms with Crippen LogP contribution in [0.2, 0.25) is 0 Å². The van der Waals surface area contributed by atoms with Gasteiger partial charge >= 0.3 is 5.97 Å². The van der Waals surface area contributed by atoms with Crippen molar-refractivity contribution in [2.24, 2.45) is 0 Å². The van der Waals surface area contributed by atoms with Gasteiger partial charge in [0.25, 0.3) is 0 Å². The number of anilines is 1. The van der Waals surface area contributed by atoms with Crippen LogP contribution < -0.4 is 5.32 Å². The molecule has 1 aromatic heterocycles. The zero-order valence-electron chi connectivity index (χ0n) is 12.4. The Hall–Kier alpha value is -2.69. The number of carboxylic acids is 1. The molecule has 5 heteroatoms. The highest BCUT2D eigenvalue weighted by molar-refractivity contribution is 6.16. The summed E-state index contributed by atoms with van der Waals surface area (Å²) in [6, 6.07) is 7.83. The second kappa shape index (κ2) is 7.36. The molecule has 0 saturated heterocycles. The van der Waals surface area contributed by atoms with Gasteiger partial charge in [0.15, 0.2) is 5.78 Å². The molecule has 0 amide bonds. The molecule has 0 fully saturated rings. The van der Waals surface area contributed by atoms with Crippen molar-refractivity contribution in [3.8, 4) is 0 Å². The van der Waals surface area contributed by atoms with Crippen LogP contribution in [0, 0.1) is 0 Å². The van der Waals surface area contributed by atoms with E-state index in [2.05, 4.69) is 17.2 Å². The lowest BCUT2D eigenvalue weighted by molar-refractivity contribution is 0.0693. The summed E-state index contributed by atoms with van der Waals surface area (Å²) in [6.07, 6.45) is 5.14. The number of aromatic carboxylic acids is 1. The molecular formula is C17H18N2O3. The molecule has 1 aromatic carbocycles. The van der Waals surface area contributed by atoms with Crippen molar-refractivity contribution in [2.45, 2.75) is 19.8 Å². The SMILES string of the molecule is CCCCNc1cnccc1C(=O)c1ccccc1C(=O)O. The van der Waals surface area contributed by atoms with Gasteiger partial charge in [-0.3, -0.25) is 9.78 Å². The fourth-order valence-electron chi connectivity index (χ4n) is 2.15. The number of nitrogens with zero attached hydrogens (tertiary/aromatic N) is 1. The first kappa shape index (κ1) is 15.7. The summed E-state index contributed by atoms with van der Waals surface area (Å²) in [6.45, 7) is 2.82. The highest BCUT2D eigenvalue weighted by Crippen LogP contribution is 2.20. The first-order valence-corrected chi connectivity index (χ1v) is 7.20. The van der Waals surface area contributed by atoms with Gasteiger partial charge in [0.2, 0.25) is 0 Å². The number of pyridine rings is 1.